The average molecular weight is 437 g/mol. The molecular weight excluding hydrogens is 404 g/mol. The van der Waals surface area contributed by atoms with Gasteiger partial charge in [-0.15, -0.1) is 0 Å². The predicted molar refractivity (Wildman–Crippen MR) is 116 cm³/mol. The Morgan fingerprint density at radius 1 is 1.23 bits per heavy atom. The highest BCUT2D eigenvalue weighted by Crippen LogP contribution is 2.19. The van der Waals surface area contributed by atoms with Crippen LogP contribution in [-0.2, 0) is 33.4 Å². The van der Waals surface area contributed by atoms with Gasteiger partial charge in [0.15, 0.2) is 0 Å². The molecule has 0 saturated heterocycles. The Labute approximate surface area is 179 Å². The molecule has 166 valence electrons. The maximum Gasteiger partial charge on any atom is 0.318 e. The van der Waals surface area contributed by atoms with Gasteiger partial charge in [-0.1, -0.05) is 30.3 Å². The normalized spacial score (nSPS) is 12.0. The number of amides is 2. The van der Waals surface area contributed by atoms with Gasteiger partial charge in [0, 0.05) is 25.7 Å². The van der Waals surface area contributed by atoms with Crippen LogP contribution in [0.3, 0.4) is 0 Å². The molecule has 0 bridgehead atoms. The molecule has 0 atom stereocenters. The van der Waals surface area contributed by atoms with Gasteiger partial charge in [-0.25, -0.2) is 18.2 Å². The molecule has 0 fully saturated rings. The lowest BCUT2D eigenvalue weighted by Gasteiger charge is -2.28. The number of hydrogen-bond acceptors (Lipinski definition) is 5. The van der Waals surface area contributed by atoms with Crippen LogP contribution in [0.1, 0.15) is 39.0 Å². The first-order valence-corrected chi connectivity index (χ1v) is 11.6. The third-order valence-corrected chi connectivity index (χ3v) is 6.00. The number of imidazole rings is 1. The molecule has 1 aromatic carbocycles. The average Bonchev–Trinajstić information content (AvgIpc) is 3.06. The molecule has 0 radical (unpaired) electrons. The van der Waals surface area contributed by atoms with E-state index in [1.165, 1.54) is 6.20 Å². The van der Waals surface area contributed by atoms with Crippen molar-refractivity contribution in [3.05, 3.63) is 47.8 Å². The monoisotopic (exact) mass is 436 g/mol. The summed E-state index contributed by atoms with van der Waals surface area (Å²) in [6.45, 7) is 9.00. The van der Waals surface area contributed by atoms with Crippen molar-refractivity contribution in [2.75, 3.05) is 20.3 Å². The molecule has 2 amide bonds. The fourth-order valence-electron chi connectivity index (χ4n) is 2.97. The maximum absolute atomic E-state index is 13.1. The van der Waals surface area contributed by atoms with E-state index < -0.39 is 9.84 Å². The molecule has 0 aliphatic carbocycles. The summed E-state index contributed by atoms with van der Waals surface area (Å²) in [5, 5.41) is 2.93. The standard InChI is InChI=1S/C21H32N4O4S/c1-6-24(19(26)23-21(2,3)4)15-18-14-22-20(25(18)12-13-29-5)30(27,28)16-17-10-8-7-9-11-17/h7-11,14H,6,12-13,15-16H2,1-5H3,(H,23,26). The second-order valence-corrected chi connectivity index (χ2v) is 10.00. The molecule has 30 heavy (non-hydrogen) atoms. The van der Waals surface area contributed by atoms with Gasteiger partial charge < -0.3 is 19.5 Å². The molecule has 9 heteroatoms. The van der Waals surface area contributed by atoms with Crippen molar-refractivity contribution >= 4 is 15.9 Å². The smallest absolute Gasteiger partial charge is 0.318 e. The Morgan fingerprint density at radius 3 is 2.47 bits per heavy atom. The lowest BCUT2D eigenvalue weighted by Crippen LogP contribution is -2.48. The van der Waals surface area contributed by atoms with Crippen molar-refractivity contribution in [3.63, 3.8) is 0 Å². The van der Waals surface area contributed by atoms with E-state index in [0.29, 0.717) is 31.0 Å². The number of benzene rings is 1. The third-order valence-electron chi connectivity index (χ3n) is 4.40. The minimum absolute atomic E-state index is 0.00862. The zero-order valence-corrected chi connectivity index (χ0v) is 19.2. The summed E-state index contributed by atoms with van der Waals surface area (Å²) in [6, 6.07) is 8.79. The van der Waals surface area contributed by atoms with Crippen molar-refractivity contribution in [1.82, 2.24) is 19.8 Å². The molecule has 0 spiro atoms. The summed E-state index contributed by atoms with van der Waals surface area (Å²) in [4.78, 5) is 18.5. The molecule has 0 aliphatic heterocycles. The lowest BCUT2D eigenvalue weighted by atomic mass is 10.1. The van der Waals surface area contributed by atoms with E-state index in [1.807, 2.05) is 33.8 Å². The summed E-state index contributed by atoms with van der Waals surface area (Å²) < 4.78 is 32.9. The summed E-state index contributed by atoms with van der Waals surface area (Å²) in [5.74, 6) is -0.140. The third kappa shape index (κ3) is 6.56. The molecule has 1 N–H and O–H groups in total. The van der Waals surface area contributed by atoms with Crippen LogP contribution in [0.5, 0.6) is 0 Å². The number of methoxy groups -OCH3 is 1. The number of aromatic nitrogens is 2. The largest absolute Gasteiger partial charge is 0.383 e. The molecule has 0 unspecified atom stereocenters. The highest BCUT2D eigenvalue weighted by Gasteiger charge is 2.26. The van der Waals surface area contributed by atoms with Gasteiger partial charge in [-0.2, -0.15) is 0 Å². The van der Waals surface area contributed by atoms with E-state index >= 15 is 0 Å². The van der Waals surface area contributed by atoms with Crippen LogP contribution in [0.2, 0.25) is 0 Å². The van der Waals surface area contributed by atoms with Crippen molar-refractivity contribution in [2.45, 2.75) is 57.2 Å². The molecule has 0 saturated carbocycles. The number of urea groups is 1. The van der Waals surface area contributed by atoms with E-state index in [0.717, 1.165) is 0 Å². The summed E-state index contributed by atoms with van der Waals surface area (Å²) in [7, 11) is -2.11. The van der Waals surface area contributed by atoms with Crippen molar-refractivity contribution in [3.8, 4) is 0 Å². The summed E-state index contributed by atoms with van der Waals surface area (Å²) in [6.07, 6.45) is 1.53. The van der Waals surface area contributed by atoms with Crippen molar-refractivity contribution in [2.24, 2.45) is 0 Å². The second-order valence-electron chi connectivity index (χ2n) is 8.12. The zero-order chi connectivity index (χ0) is 22.4. The van der Waals surface area contributed by atoms with Crippen LogP contribution in [0.25, 0.3) is 0 Å². The first kappa shape index (κ1) is 23.9. The molecule has 2 rings (SSSR count). The van der Waals surface area contributed by atoms with Crippen molar-refractivity contribution in [1.29, 1.82) is 0 Å². The Balaban J connectivity index is 2.32. The first-order valence-electron chi connectivity index (χ1n) is 9.94. The molecular formula is C21H32N4O4S. The zero-order valence-electron chi connectivity index (χ0n) is 18.4. The number of hydrogen-bond donors (Lipinski definition) is 1. The number of nitrogens with zero attached hydrogens (tertiary/aromatic N) is 3. The number of nitrogens with one attached hydrogen (secondary N) is 1. The summed E-state index contributed by atoms with van der Waals surface area (Å²) >= 11 is 0. The van der Waals surface area contributed by atoms with Gasteiger partial charge in [0.2, 0.25) is 15.0 Å². The van der Waals surface area contributed by atoms with Crippen LogP contribution in [0, 0.1) is 0 Å². The first-order chi connectivity index (χ1) is 14.1. The van der Waals surface area contributed by atoms with E-state index in [1.54, 1.807) is 40.8 Å². The fraction of sp³-hybridized carbons (Fsp3) is 0.524. The molecule has 0 aliphatic rings. The van der Waals surface area contributed by atoms with Gasteiger partial charge in [0.1, 0.15) is 0 Å². The van der Waals surface area contributed by atoms with Crippen molar-refractivity contribution < 1.29 is 17.9 Å². The van der Waals surface area contributed by atoms with Crippen LogP contribution in [0.4, 0.5) is 4.79 Å². The Morgan fingerprint density at radius 2 is 1.90 bits per heavy atom. The van der Waals surface area contributed by atoms with Crippen LogP contribution < -0.4 is 5.32 Å². The maximum atomic E-state index is 13.1. The molecule has 1 heterocycles. The van der Waals surface area contributed by atoms with E-state index in [-0.39, 0.29) is 29.0 Å². The predicted octanol–water partition coefficient (Wildman–Crippen LogP) is 2.83. The quantitative estimate of drug-likeness (QED) is 0.652. The van der Waals surface area contributed by atoms with Gasteiger partial charge in [0.25, 0.3) is 0 Å². The minimum Gasteiger partial charge on any atom is -0.383 e. The number of sulfone groups is 1. The molecule has 1 aromatic heterocycles. The van der Waals surface area contributed by atoms with E-state index in [2.05, 4.69) is 10.3 Å². The van der Waals surface area contributed by atoms with E-state index in [4.69, 9.17) is 4.74 Å². The van der Waals surface area contributed by atoms with Gasteiger partial charge >= 0.3 is 6.03 Å². The number of rotatable bonds is 9. The Hall–Kier alpha value is -2.39. The Bertz CT molecular complexity index is 934. The second kappa shape index (κ2) is 10.1. The van der Waals surface area contributed by atoms with E-state index in [9.17, 15) is 13.2 Å². The fourth-order valence-corrected chi connectivity index (χ4v) is 4.49. The number of carbonyl (C=O) groups is 1. The SMILES string of the molecule is CCN(Cc1cnc(S(=O)(=O)Cc2ccccc2)n1CCOC)C(=O)NC(C)(C)C. The molecule has 2 aromatic rings. The van der Waals surface area contributed by atoms with Gasteiger partial charge in [-0.05, 0) is 33.3 Å². The van der Waals surface area contributed by atoms with Crippen LogP contribution in [-0.4, -0.2) is 54.7 Å². The lowest BCUT2D eigenvalue weighted by molar-refractivity contribution is 0.177. The van der Waals surface area contributed by atoms with Gasteiger partial charge in [-0.3, -0.25) is 0 Å². The van der Waals surface area contributed by atoms with Crippen LogP contribution >= 0.6 is 0 Å². The highest BCUT2D eigenvalue weighted by atomic mass is 32.2. The number of ether oxygens (including phenoxy) is 1. The highest BCUT2D eigenvalue weighted by molar-refractivity contribution is 7.90. The summed E-state index contributed by atoms with van der Waals surface area (Å²) in [5.41, 5.74) is 0.968. The Kier molecular flexibility index (Phi) is 8.03. The molecule has 8 nitrogen and oxygen atoms in total. The topological polar surface area (TPSA) is 93.5 Å². The van der Waals surface area contributed by atoms with Crippen LogP contribution in [0.15, 0.2) is 41.7 Å². The van der Waals surface area contributed by atoms with Gasteiger partial charge in [0.05, 0.1) is 30.8 Å². The number of carbonyl (C=O) groups excluding carboxylic acids is 1. The minimum atomic E-state index is -3.67.